The highest BCUT2D eigenvalue weighted by Gasteiger charge is 2.47. The summed E-state index contributed by atoms with van der Waals surface area (Å²) in [7, 11) is -0.719. The van der Waals surface area contributed by atoms with Crippen LogP contribution in [0, 0.1) is 0 Å². The Morgan fingerprint density at radius 3 is 2.45 bits per heavy atom. The van der Waals surface area contributed by atoms with E-state index >= 15 is 0 Å². The van der Waals surface area contributed by atoms with Crippen LogP contribution in [0.25, 0.3) is 0 Å². The van der Waals surface area contributed by atoms with Gasteiger partial charge in [0.25, 0.3) is 0 Å². The molecule has 0 radical (unpaired) electrons. The summed E-state index contributed by atoms with van der Waals surface area (Å²) in [5.74, 6) is 1.48. The van der Waals surface area contributed by atoms with Gasteiger partial charge in [0.1, 0.15) is 5.54 Å². The van der Waals surface area contributed by atoms with Crippen molar-refractivity contribution < 1.29 is 13.8 Å². The molecule has 3 rings (SSSR count). The molecule has 1 aliphatic carbocycles. The minimum absolute atomic E-state index is 0.00198. The van der Waals surface area contributed by atoms with Gasteiger partial charge in [-0.25, -0.2) is 0 Å². The molecule has 20 heavy (non-hydrogen) atoms. The monoisotopic (exact) mass is 298 g/mol. The van der Waals surface area contributed by atoms with Gasteiger partial charge in [0.05, 0.1) is 0 Å². The van der Waals surface area contributed by atoms with Gasteiger partial charge in [-0.05, 0) is 25.7 Å². The van der Waals surface area contributed by atoms with Gasteiger partial charge in [-0.15, -0.1) is 0 Å². The Balaban J connectivity index is 1.81. The molecule has 2 heterocycles. The molecule has 0 unspecified atom stereocenters. The third-order valence-electron chi connectivity index (χ3n) is 4.88. The van der Waals surface area contributed by atoms with Crippen LogP contribution in [-0.2, 0) is 20.4 Å². The summed E-state index contributed by atoms with van der Waals surface area (Å²) in [5.41, 5.74) is -0.635. The zero-order valence-corrected chi connectivity index (χ0v) is 12.5. The third-order valence-corrected chi connectivity index (χ3v) is 6.27. The summed E-state index contributed by atoms with van der Waals surface area (Å²) in [6.45, 7) is 0.518. The SMILES string of the molecule is O=C1CCN(C2CCS(=O)CC2)C(=O)C2(CCCC2)N1. The quantitative estimate of drug-likeness (QED) is 0.769. The molecule has 0 aromatic carbocycles. The smallest absolute Gasteiger partial charge is 0.248 e. The van der Waals surface area contributed by atoms with Crippen molar-refractivity contribution in [3.8, 4) is 0 Å². The molecule has 1 N–H and O–H groups in total. The van der Waals surface area contributed by atoms with Crippen molar-refractivity contribution in [1.29, 1.82) is 0 Å². The topological polar surface area (TPSA) is 66.5 Å². The molecule has 2 aliphatic heterocycles. The average Bonchev–Trinajstić information content (AvgIpc) is 2.85. The number of hydrogen-bond donors (Lipinski definition) is 1. The summed E-state index contributed by atoms with van der Waals surface area (Å²) in [6, 6.07) is 0.172. The number of carbonyl (C=O) groups excluding carboxylic acids is 2. The lowest BCUT2D eigenvalue weighted by atomic mass is 9.94. The molecule has 0 aromatic heterocycles. The van der Waals surface area contributed by atoms with E-state index in [0.29, 0.717) is 24.5 Å². The van der Waals surface area contributed by atoms with E-state index in [0.717, 1.165) is 38.5 Å². The summed E-state index contributed by atoms with van der Waals surface area (Å²) < 4.78 is 11.5. The molecular weight excluding hydrogens is 276 g/mol. The van der Waals surface area contributed by atoms with E-state index in [1.807, 2.05) is 4.90 Å². The van der Waals surface area contributed by atoms with Crippen LogP contribution < -0.4 is 5.32 Å². The second-order valence-electron chi connectivity index (χ2n) is 6.17. The Labute approximate surface area is 121 Å². The number of nitrogens with zero attached hydrogens (tertiary/aromatic N) is 1. The van der Waals surface area contributed by atoms with Crippen LogP contribution in [0.2, 0.25) is 0 Å². The van der Waals surface area contributed by atoms with Crippen molar-refractivity contribution in [2.24, 2.45) is 0 Å². The number of nitrogens with one attached hydrogen (secondary N) is 1. The van der Waals surface area contributed by atoms with Gasteiger partial charge in [0.2, 0.25) is 11.8 Å². The summed E-state index contributed by atoms with van der Waals surface area (Å²) >= 11 is 0. The second-order valence-corrected chi connectivity index (χ2v) is 7.86. The second kappa shape index (κ2) is 5.47. The van der Waals surface area contributed by atoms with E-state index in [4.69, 9.17) is 0 Å². The first kappa shape index (κ1) is 14.0. The molecule has 5 nitrogen and oxygen atoms in total. The molecule has 0 aromatic rings. The highest BCUT2D eigenvalue weighted by atomic mass is 32.2. The molecule has 0 atom stereocenters. The van der Waals surface area contributed by atoms with Crippen molar-refractivity contribution in [3.63, 3.8) is 0 Å². The molecule has 112 valence electrons. The largest absolute Gasteiger partial charge is 0.342 e. The number of hydrogen-bond acceptors (Lipinski definition) is 3. The molecule has 0 bridgehead atoms. The van der Waals surface area contributed by atoms with Crippen LogP contribution in [0.5, 0.6) is 0 Å². The molecule has 3 fully saturated rings. The van der Waals surface area contributed by atoms with Gasteiger partial charge < -0.3 is 10.2 Å². The highest BCUT2D eigenvalue weighted by molar-refractivity contribution is 7.85. The number of amides is 2. The van der Waals surface area contributed by atoms with Gasteiger partial charge in [0.15, 0.2) is 0 Å². The van der Waals surface area contributed by atoms with Crippen LogP contribution in [-0.4, -0.2) is 50.6 Å². The standard InChI is InChI=1S/C14H22N2O3S/c17-12-3-8-16(11-4-9-20(19)10-5-11)13(18)14(15-12)6-1-2-7-14/h11H,1-10H2,(H,15,17). The fourth-order valence-corrected chi connectivity index (χ4v) is 5.01. The van der Waals surface area contributed by atoms with Crippen LogP contribution in [0.4, 0.5) is 0 Å². The van der Waals surface area contributed by atoms with Gasteiger partial charge in [-0.3, -0.25) is 13.8 Å². The molecule has 1 spiro atoms. The van der Waals surface area contributed by atoms with E-state index in [1.165, 1.54) is 0 Å². The van der Waals surface area contributed by atoms with E-state index in [9.17, 15) is 13.8 Å². The first-order chi connectivity index (χ1) is 9.61. The molecule has 3 aliphatic rings. The summed E-state index contributed by atoms with van der Waals surface area (Å²) in [6.07, 6.45) is 5.57. The minimum Gasteiger partial charge on any atom is -0.342 e. The lowest BCUT2D eigenvalue weighted by Crippen LogP contribution is -2.57. The molecule has 6 heteroatoms. The minimum atomic E-state index is -0.719. The molecular formula is C14H22N2O3S. The zero-order valence-electron chi connectivity index (χ0n) is 11.7. The van der Waals surface area contributed by atoms with Crippen molar-refractivity contribution in [2.75, 3.05) is 18.1 Å². The van der Waals surface area contributed by atoms with Crippen LogP contribution >= 0.6 is 0 Å². The van der Waals surface area contributed by atoms with Crippen molar-refractivity contribution in [3.05, 3.63) is 0 Å². The maximum absolute atomic E-state index is 12.9. The number of rotatable bonds is 1. The summed E-state index contributed by atoms with van der Waals surface area (Å²) in [4.78, 5) is 26.8. The lowest BCUT2D eigenvalue weighted by Gasteiger charge is -2.38. The lowest BCUT2D eigenvalue weighted by molar-refractivity contribution is -0.140. The Morgan fingerprint density at radius 2 is 1.80 bits per heavy atom. The Kier molecular flexibility index (Phi) is 3.84. The maximum atomic E-state index is 12.9. The van der Waals surface area contributed by atoms with Crippen molar-refractivity contribution in [1.82, 2.24) is 10.2 Å². The van der Waals surface area contributed by atoms with Crippen LogP contribution in [0.3, 0.4) is 0 Å². The van der Waals surface area contributed by atoms with Gasteiger partial charge >= 0.3 is 0 Å². The van der Waals surface area contributed by atoms with Gasteiger partial charge in [-0.1, -0.05) is 12.8 Å². The van der Waals surface area contributed by atoms with Crippen LogP contribution in [0.1, 0.15) is 44.9 Å². The molecule has 2 saturated heterocycles. The fraction of sp³-hybridized carbons (Fsp3) is 0.857. The molecule has 1 saturated carbocycles. The predicted octanol–water partition coefficient (Wildman–Crippen LogP) is 0.559. The Morgan fingerprint density at radius 1 is 1.15 bits per heavy atom. The predicted molar refractivity (Wildman–Crippen MR) is 76.6 cm³/mol. The van der Waals surface area contributed by atoms with Crippen molar-refractivity contribution in [2.45, 2.75) is 56.5 Å². The van der Waals surface area contributed by atoms with Gasteiger partial charge in [0, 0.05) is 41.3 Å². The third kappa shape index (κ3) is 2.50. The Hall–Kier alpha value is -0.910. The first-order valence-corrected chi connectivity index (χ1v) is 9.07. The molecule has 2 amide bonds. The normalized spacial score (nSPS) is 34.1. The van der Waals surface area contributed by atoms with E-state index < -0.39 is 16.3 Å². The summed E-state index contributed by atoms with van der Waals surface area (Å²) in [5, 5.41) is 2.99. The van der Waals surface area contributed by atoms with Gasteiger partial charge in [-0.2, -0.15) is 0 Å². The first-order valence-electron chi connectivity index (χ1n) is 7.58. The Bertz CT molecular complexity index is 436. The highest BCUT2D eigenvalue weighted by Crippen LogP contribution is 2.34. The van der Waals surface area contributed by atoms with E-state index in [1.54, 1.807) is 0 Å². The zero-order chi connectivity index (χ0) is 14.2. The van der Waals surface area contributed by atoms with E-state index in [-0.39, 0.29) is 17.9 Å². The fourth-order valence-electron chi connectivity index (χ4n) is 3.74. The van der Waals surface area contributed by atoms with Crippen LogP contribution in [0.15, 0.2) is 0 Å². The van der Waals surface area contributed by atoms with E-state index in [2.05, 4.69) is 5.32 Å². The average molecular weight is 298 g/mol. The maximum Gasteiger partial charge on any atom is 0.248 e. The van der Waals surface area contributed by atoms with Crippen molar-refractivity contribution >= 4 is 22.6 Å². The number of carbonyl (C=O) groups is 2.